The van der Waals surface area contributed by atoms with Crippen molar-refractivity contribution >= 4 is 17.1 Å². The van der Waals surface area contributed by atoms with Gasteiger partial charge in [-0.15, -0.1) is 0 Å². The summed E-state index contributed by atoms with van der Waals surface area (Å²) in [6, 6.07) is 38.1. The fourth-order valence-electron chi connectivity index (χ4n) is 4.29. The van der Waals surface area contributed by atoms with E-state index in [2.05, 4.69) is 89.2 Å². The minimum atomic E-state index is 0.184. The van der Waals surface area contributed by atoms with Gasteiger partial charge in [-0.25, -0.2) is 0 Å². The molecular weight excluding hydrogens is 418 g/mol. The number of nitrogens with one attached hydrogen (secondary N) is 1. The van der Waals surface area contributed by atoms with Crippen LogP contribution in [0.15, 0.2) is 114 Å². The van der Waals surface area contributed by atoms with E-state index in [1.807, 2.05) is 37.3 Å². The Labute approximate surface area is 201 Å². The Bertz CT molecular complexity index is 1220. The molecule has 4 aromatic carbocycles. The number of hydrazone groups is 1. The Morgan fingerprint density at radius 3 is 2.18 bits per heavy atom. The highest BCUT2D eigenvalue weighted by Crippen LogP contribution is 2.36. The van der Waals surface area contributed by atoms with Crippen LogP contribution < -0.4 is 15.1 Å². The molecule has 0 saturated heterocycles. The van der Waals surface area contributed by atoms with Crippen LogP contribution in [-0.4, -0.2) is 12.3 Å². The molecule has 1 unspecified atom stereocenters. The highest BCUT2D eigenvalue weighted by Gasteiger charge is 2.29. The first kappa shape index (κ1) is 21.8. The lowest BCUT2D eigenvalue weighted by molar-refractivity contribution is 0.340. The van der Waals surface area contributed by atoms with Crippen molar-refractivity contribution in [3.8, 4) is 5.75 Å². The highest BCUT2D eigenvalue weighted by molar-refractivity contribution is 6.03. The molecule has 0 aliphatic carbocycles. The van der Waals surface area contributed by atoms with Crippen molar-refractivity contribution in [3.63, 3.8) is 0 Å². The molecule has 0 amide bonds. The second-order valence-corrected chi connectivity index (χ2v) is 8.37. The number of nitrogens with zero attached hydrogens (tertiary/aromatic N) is 2. The van der Waals surface area contributed by atoms with E-state index in [-0.39, 0.29) is 6.04 Å². The maximum Gasteiger partial charge on any atom is 0.119 e. The van der Waals surface area contributed by atoms with Gasteiger partial charge >= 0.3 is 0 Å². The normalized spacial score (nSPS) is 15.1. The summed E-state index contributed by atoms with van der Waals surface area (Å²) in [5.74, 6) is 0.895. The Balaban J connectivity index is 1.33. The summed E-state index contributed by atoms with van der Waals surface area (Å²) in [5, 5.41) is 10.7. The maximum atomic E-state index is 5.52. The Hall–Kier alpha value is -4.05. The van der Waals surface area contributed by atoms with E-state index < -0.39 is 0 Å². The van der Waals surface area contributed by atoms with Gasteiger partial charge in [0.15, 0.2) is 0 Å². The first-order valence-electron chi connectivity index (χ1n) is 11.8. The van der Waals surface area contributed by atoms with Crippen molar-refractivity contribution in [2.24, 2.45) is 5.10 Å². The van der Waals surface area contributed by atoms with Crippen molar-refractivity contribution in [1.82, 2.24) is 0 Å². The van der Waals surface area contributed by atoms with Gasteiger partial charge in [-0.2, -0.15) is 5.10 Å². The van der Waals surface area contributed by atoms with Gasteiger partial charge in [-0.3, -0.25) is 5.01 Å². The summed E-state index contributed by atoms with van der Waals surface area (Å²) in [5.41, 5.74) is 6.98. The van der Waals surface area contributed by atoms with Crippen molar-refractivity contribution in [2.75, 3.05) is 16.9 Å². The minimum Gasteiger partial charge on any atom is -0.494 e. The van der Waals surface area contributed by atoms with E-state index in [0.717, 1.165) is 35.8 Å². The van der Waals surface area contributed by atoms with Gasteiger partial charge in [0, 0.05) is 18.7 Å². The number of hydrogen-bond donors (Lipinski definition) is 1. The molecule has 1 aliphatic rings. The zero-order valence-corrected chi connectivity index (χ0v) is 19.4. The third-order valence-corrected chi connectivity index (χ3v) is 6.06. The number of hydrogen-bond acceptors (Lipinski definition) is 4. The van der Waals surface area contributed by atoms with Gasteiger partial charge in [-0.05, 0) is 60.0 Å². The van der Waals surface area contributed by atoms with Gasteiger partial charge in [0.2, 0.25) is 0 Å². The fraction of sp³-hybridized carbons (Fsp3) is 0.167. The summed E-state index contributed by atoms with van der Waals surface area (Å²) in [6.07, 6.45) is 0.884. The lowest BCUT2D eigenvalue weighted by atomic mass is 9.98. The second-order valence-electron chi connectivity index (χ2n) is 8.37. The molecule has 0 fully saturated rings. The van der Waals surface area contributed by atoms with E-state index in [1.54, 1.807) is 0 Å². The molecule has 0 aromatic heterocycles. The molecule has 34 heavy (non-hydrogen) atoms. The average molecular weight is 448 g/mol. The fourth-order valence-corrected chi connectivity index (χ4v) is 4.29. The third kappa shape index (κ3) is 4.96. The first-order chi connectivity index (χ1) is 16.8. The van der Waals surface area contributed by atoms with Crippen LogP contribution >= 0.6 is 0 Å². The summed E-state index contributed by atoms with van der Waals surface area (Å²) < 4.78 is 5.52. The Morgan fingerprint density at radius 1 is 0.824 bits per heavy atom. The lowest BCUT2D eigenvalue weighted by Gasteiger charge is -2.24. The van der Waals surface area contributed by atoms with Crippen LogP contribution in [0, 0.1) is 0 Å². The van der Waals surface area contributed by atoms with E-state index in [4.69, 9.17) is 9.84 Å². The summed E-state index contributed by atoms with van der Waals surface area (Å²) in [4.78, 5) is 0. The molecule has 0 bridgehead atoms. The lowest BCUT2D eigenvalue weighted by Crippen LogP contribution is -2.18. The summed E-state index contributed by atoms with van der Waals surface area (Å²) in [7, 11) is 0. The van der Waals surface area contributed by atoms with E-state index in [9.17, 15) is 0 Å². The van der Waals surface area contributed by atoms with Crippen molar-refractivity contribution in [2.45, 2.75) is 25.9 Å². The third-order valence-electron chi connectivity index (χ3n) is 6.06. The monoisotopic (exact) mass is 447 g/mol. The standard InChI is InChI=1S/C30H29N3O/c1-2-34-28-19-15-26(16-20-28)31-22-23-13-17-27(18-14-23)33-30(25-11-7-4-8-12-25)21-29(32-33)24-9-5-3-6-10-24/h3-20,30-31H,2,21-22H2,1H3. The van der Waals surface area contributed by atoms with Gasteiger partial charge < -0.3 is 10.1 Å². The molecule has 170 valence electrons. The predicted octanol–water partition coefficient (Wildman–Crippen LogP) is 7.05. The van der Waals surface area contributed by atoms with Gasteiger partial charge in [-0.1, -0.05) is 72.8 Å². The maximum absolute atomic E-state index is 5.52. The molecule has 4 nitrogen and oxygen atoms in total. The predicted molar refractivity (Wildman–Crippen MR) is 141 cm³/mol. The van der Waals surface area contributed by atoms with Crippen molar-refractivity contribution in [1.29, 1.82) is 0 Å². The molecule has 0 radical (unpaired) electrons. The minimum absolute atomic E-state index is 0.184. The zero-order chi connectivity index (χ0) is 23.2. The van der Waals surface area contributed by atoms with Crippen LogP contribution in [-0.2, 0) is 6.54 Å². The largest absolute Gasteiger partial charge is 0.494 e. The van der Waals surface area contributed by atoms with Gasteiger partial charge in [0.25, 0.3) is 0 Å². The Morgan fingerprint density at radius 2 is 1.50 bits per heavy atom. The van der Waals surface area contributed by atoms with Crippen LogP contribution in [0.5, 0.6) is 5.75 Å². The van der Waals surface area contributed by atoms with E-state index in [1.165, 1.54) is 16.7 Å². The molecule has 1 N–H and O–H groups in total. The van der Waals surface area contributed by atoms with Gasteiger partial charge in [0.05, 0.1) is 24.0 Å². The first-order valence-corrected chi connectivity index (χ1v) is 11.8. The molecule has 1 heterocycles. The number of anilines is 2. The van der Waals surface area contributed by atoms with E-state index >= 15 is 0 Å². The van der Waals surface area contributed by atoms with Crippen molar-refractivity contribution < 1.29 is 4.74 Å². The van der Waals surface area contributed by atoms with Crippen LogP contribution in [0.25, 0.3) is 0 Å². The SMILES string of the molecule is CCOc1ccc(NCc2ccc(N3N=C(c4ccccc4)CC3c3ccccc3)cc2)cc1. The van der Waals surface area contributed by atoms with Crippen LogP contribution in [0.2, 0.25) is 0 Å². The molecule has 0 saturated carbocycles. The molecule has 0 spiro atoms. The number of ether oxygens (including phenoxy) is 1. The van der Waals surface area contributed by atoms with Crippen LogP contribution in [0.4, 0.5) is 11.4 Å². The van der Waals surface area contributed by atoms with Crippen molar-refractivity contribution in [3.05, 3.63) is 126 Å². The van der Waals surface area contributed by atoms with Crippen LogP contribution in [0.1, 0.15) is 36.1 Å². The second kappa shape index (κ2) is 10.3. The number of rotatable bonds is 8. The van der Waals surface area contributed by atoms with E-state index in [0.29, 0.717) is 6.61 Å². The Kier molecular flexibility index (Phi) is 6.57. The topological polar surface area (TPSA) is 36.9 Å². The highest BCUT2D eigenvalue weighted by atomic mass is 16.5. The smallest absolute Gasteiger partial charge is 0.119 e. The molecule has 4 aromatic rings. The summed E-state index contributed by atoms with van der Waals surface area (Å²) in [6.45, 7) is 3.43. The molecular formula is C30H29N3O. The molecule has 1 atom stereocenters. The summed E-state index contributed by atoms with van der Waals surface area (Å²) >= 11 is 0. The van der Waals surface area contributed by atoms with Gasteiger partial charge in [0.1, 0.15) is 5.75 Å². The zero-order valence-electron chi connectivity index (χ0n) is 19.4. The quantitative estimate of drug-likeness (QED) is 0.314. The number of benzene rings is 4. The average Bonchev–Trinajstić information content (AvgIpc) is 3.35. The molecule has 5 rings (SSSR count). The van der Waals surface area contributed by atoms with Crippen LogP contribution in [0.3, 0.4) is 0 Å². The molecule has 4 heteroatoms. The molecule has 1 aliphatic heterocycles.